The number of halogens is 2. The summed E-state index contributed by atoms with van der Waals surface area (Å²) in [7, 11) is 0. The number of nitrogens with zero attached hydrogens (tertiary/aromatic N) is 5. The highest BCUT2D eigenvalue weighted by Crippen LogP contribution is 2.45. The Balaban J connectivity index is 1.43. The van der Waals surface area contributed by atoms with Crippen molar-refractivity contribution < 1.29 is 8.78 Å². The van der Waals surface area contributed by atoms with Gasteiger partial charge in [0, 0.05) is 30.4 Å². The van der Waals surface area contributed by atoms with Gasteiger partial charge in [-0.15, -0.1) is 11.3 Å². The van der Waals surface area contributed by atoms with Crippen molar-refractivity contribution in [3.05, 3.63) is 65.1 Å². The highest BCUT2D eigenvalue weighted by Gasteiger charge is 2.41. The zero-order chi connectivity index (χ0) is 21.2. The Morgan fingerprint density at radius 2 is 2.03 bits per heavy atom. The zero-order valence-electron chi connectivity index (χ0n) is 17.1. The van der Waals surface area contributed by atoms with Gasteiger partial charge in [-0.25, -0.2) is 23.3 Å². The van der Waals surface area contributed by atoms with Crippen LogP contribution in [-0.4, -0.2) is 26.1 Å². The molecule has 4 heterocycles. The van der Waals surface area contributed by atoms with Crippen molar-refractivity contribution in [3.63, 3.8) is 0 Å². The average molecular weight is 438 g/mol. The molecule has 8 heteroatoms. The van der Waals surface area contributed by atoms with Crippen LogP contribution in [0.15, 0.2) is 42.9 Å². The molecule has 4 aromatic rings. The Labute approximate surface area is 182 Å². The molecule has 0 spiro atoms. The number of benzene rings is 1. The Bertz CT molecular complexity index is 1290. The fourth-order valence-electron chi connectivity index (χ4n) is 4.64. The van der Waals surface area contributed by atoms with Gasteiger partial charge in [-0.05, 0) is 56.9 Å². The van der Waals surface area contributed by atoms with Gasteiger partial charge in [-0.2, -0.15) is 5.10 Å². The Hall–Kier alpha value is -2.87. The second-order valence-corrected chi connectivity index (χ2v) is 9.66. The summed E-state index contributed by atoms with van der Waals surface area (Å²) in [4.78, 5) is 12.7. The molecule has 3 aromatic heterocycles. The quantitative estimate of drug-likeness (QED) is 0.422. The van der Waals surface area contributed by atoms with Gasteiger partial charge in [0.05, 0.1) is 27.2 Å². The molecular formula is C23H21F2N5S. The van der Waals surface area contributed by atoms with E-state index in [0.717, 1.165) is 47.4 Å². The smallest absolute Gasteiger partial charge is 0.166 e. The Morgan fingerprint density at radius 1 is 1.16 bits per heavy atom. The van der Waals surface area contributed by atoms with Crippen molar-refractivity contribution >= 4 is 22.8 Å². The van der Waals surface area contributed by atoms with E-state index < -0.39 is 11.4 Å². The summed E-state index contributed by atoms with van der Waals surface area (Å²) in [6.07, 6.45) is 9.65. The predicted octanol–water partition coefficient (Wildman–Crippen LogP) is 5.52. The molecule has 0 N–H and O–H groups in total. The number of rotatable bonds is 4. The van der Waals surface area contributed by atoms with E-state index >= 15 is 0 Å². The van der Waals surface area contributed by atoms with Gasteiger partial charge < -0.3 is 4.90 Å². The molecule has 1 atom stereocenters. The van der Waals surface area contributed by atoms with Gasteiger partial charge in [0.25, 0.3) is 0 Å². The maximum absolute atomic E-state index is 14.7. The highest BCUT2D eigenvalue weighted by molar-refractivity contribution is 7.15. The third-order valence-electron chi connectivity index (χ3n) is 6.50. The van der Waals surface area contributed by atoms with Crippen molar-refractivity contribution in [2.75, 3.05) is 11.4 Å². The topological polar surface area (TPSA) is 46.3 Å². The van der Waals surface area contributed by atoms with Crippen LogP contribution in [0.3, 0.4) is 0 Å². The lowest BCUT2D eigenvalue weighted by atomic mass is 9.88. The molecule has 1 aliphatic carbocycles. The third-order valence-corrected chi connectivity index (χ3v) is 7.69. The molecule has 158 valence electrons. The maximum atomic E-state index is 14.7. The lowest BCUT2D eigenvalue weighted by molar-refractivity contribution is 0.451. The van der Waals surface area contributed by atoms with E-state index in [1.54, 1.807) is 15.9 Å². The largest absolute Gasteiger partial charge is 0.347 e. The standard InChI is InChI=1S/C23H21F2N5S/c1-23(17-11-15(24)5-6-18(17)25)8-2-9-29(23)20-7-10-30-21(28-20)16(12-27-30)19-13-26-22(31-19)14-3-4-14/h5-7,10-14H,2-4,8-9H2,1H3/t23-/m1/s1. The van der Waals surface area contributed by atoms with Crippen molar-refractivity contribution in [2.45, 2.75) is 44.1 Å². The summed E-state index contributed by atoms with van der Waals surface area (Å²) < 4.78 is 30.4. The van der Waals surface area contributed by atoms with Gasteiger partial charge in [-0.3, -0.25) is 0 Å². The van der Waals surface area contributed by atoms with Crippen LogP contribution in [0.4, 0.5) is 14.6 Å². The molecule has 0 radical (unpaired) electrons. The summed E-state index contributed by atoms with van der Waals surface area (Å²) in [5.74, 6) is 0.530. The van der Waals surface area contributed by atoms with Crippen LogP contribution >= 0.6 is 11.3 Å². The van der Waals surface area contributed by atoms with Crippen LogP contribution in [0.5, 0.6) is 0 Å². The van der Waals surface area contributed by atoms with Crippen LogP contribution in [0, 0.1) is 11.6 Å². The molecule has 1 saturated heterocycles. The number of anilines is 1. The van der Waals surface area contributed by atoms with Crippen LogP contribution < -0.4 is 4.90 Å². The number of hydrogen-bond donors (Lipinski definition) is 0. The van der Waals surface area contributed by atoms with E-state index in [9.17, 15) is 8.78 Å². The van der Waals surface area contributed by atoms with Crippen LogP contribution in [0.1, 0.15) is 49.1 Å². The molecule has 5 nitrogen and oxygen atoms in total. The monoisotopic (exact) mass is 437 g/mol. The maximum Gasteiger partial charge on any atom is 0.166 e. The van der Waals surface area contributed by atoms with Crippen molar-refractivity contribution in [2.24, 2.45) is 0 Å². The minimum absolute atomic E-state index is 0.372. The predicted molar refractivity (Wildman–Crippen MR) is 116 cm³/mol. The molecule has 0 amide bonds. The molecule has 6 rings (SSSR count). The number of hydrogen-bond acceptors (Lipinski definition) is 5. The molecule has 0 unspecified atom stereocenters. The van der Waals surface area contributed by atoms with Gasteiger partial charge >= 0.3 is 0 Å². The Kier molecular flexibility index (Phi) is 4.15. The van der Waals surface area contributed by atoms with E-state index in [1.807, 2.05) is 31.6 Å². The second kappa shape index (κ2) is 6.82. The molecule has 1 saturated carbocycles. The van der Waals surface area contributed by atoms with Gasteiger partial charge in [0.2, 0.25) is 0 Å². The minimum Gasteiger partial charge on any atom is -0.347 e. The van der Waals surface area contributed by atoms with E-state index in [0.29, 0.717) is 11.5 Å². The molecule has 2 aliphatic rings. The minimum atomic E-state index is -0.665. The van der Waals surface area contributed by atoms with E-state index in [4.69, 9.17) is 4.98 Å². The van der Waals surface area contributed by atoms with E-state index in [1.165, 1.54) is 30.0 Å². The van der Waals surface area contributed by atoms with Gasteiger partial charge in [0.1, 0.15) is 17.5 Å². The third kappa shape index (κ3) is 3.04. The van der Waals surface area contributed by atoms with E-state index in [-0.39, 0.29) is 5.82 Å². The van der Waals surface area contributed by atoms with Crippen LogP contribution in [0.25, 0.3) is 16.1 Å². The summed E-state index contributed by atoms with van der Waals surface area (Å²) in [5.41, 5.74) is 1.40. The first-order valence-electron chi connectivity index (χ1n) is 10.6. The van der Waals surface area contributed by atoms with Crippen molar-refractivity contribution in [1.82, 2.24) is 19.6 Å². The normalized spacial score (nSPS) is 21.3. The second-order valence-electron chi connectivity index (χ2n) is 8.60. The first-order chi connectivity index (χ1) is 15.0. The Morgan fingerprint density at radius 3 is 2.87 bits per heavy atom. The highest BCUT2D eigenvalue weighted by atomic mass is 32.1. The summed E-state index contributed by atoms with van der Waals surface area (Å²) in [5, 5.41) is 5.64. The molecule has 0 bridgehead atoms. The molecule has 2 fully saturated rings. The number of aromatic nitrogens is 4. The van der Waals surface area contributed by atoms with E-state index in [2.05, 4.69) is 15.0 Å². The van der Waals surface area contributed by atoms with Gasteiger partial charge in [-0.1, -0.05) is 0 Å². The molecule has 31 heavy (non-hydrogen) atoms. The molecule has 1 aliphatic heterocycles. The summed E-state index contributed by atoms with van der Waals surface area (Å²) >= 11 is 1.71. The van der Waals surface area contributed by atoms with Crippen molar-refractivity contribution in [1.29, 1.82) is 0 Å². The molecular weight excluding hydrogens is 416 g/mol. The SMILES string of the molecule is C[C@]1(c2cc(F)ccc2F)CCCN1c1ccn2ncc(-c3cnc(C4CC4)s3)c2n1. The first-order valence-corrected chi connectivity index (χ1v) is 11.4. The fraction of sp³-hybridized carbons (Fsp3) is 0.348. The number of thiazole rings is 1. The lowest BCUT2D eigenvalue weighted by Crippen LogP contribution is -2.40. The average Bonchev–Trinajstić information content (AvgIpc) is 3.17. The summed E-state index contributed by atoms with van der Waals surface area (Å²) in [6.45, 7) is 2.69. The number of fused-ring (bicyclic) bond motifs is 1. The lowest BCUT2D eigenvalue weighted by Gasteiger charge is -2.37. The van der Waals surface area contributed by atoms with Gasteiger partial charge in [0.15, 0.2) is 5.65 Å². The zero-order valence-corrected chi connectivity index (χ0v) is 17.9. The van der Waals surface area contributed by atoms with Crippen molar-refractivity contribution in [3.8, 4) is 10.4 Å². The van der Waals surface area contributed by atoms with Crippen LogP contribution in [-0.2, 0) is 5.54 Å². The first kappa shape index (κ1) is 18.9. The van der Waals surface area contributed by atoms with Crippen LogP contribution in [0.2, 0.25) is 0 Å². The molecule has 1 aromatic carbocycles. The summed E-state index contributed by atoms with van der Waals surface area (Å²) in [6, 6.07) is 5.58. The fourth-order valence-corrected chi connectivity index (χ4v) is 5.73.